The molecule has 0 aromatic rings. The maximum Gasteiger partial charge on any atom is 0.331 e. The summed E-state index contributed by atoms with van der Waals surface area (Å²) in [7, 11) is 0. The summed E-state index contributed by atoms with van der Waals surface area (Å²) < 4.78 is 10.7. The Bertz CT molecular complexity index is 352. The van der Waals surface area contributed by atoms with Gasteiger partial charge in [-0.25, -0.2) is 9.80 Å². The third-order valence-corrected chi connectivity index (χ3v) is 3.66. The lowest BCUT2D eigenvalue weighted by Gasteiger charge is -2.34. The minimum absolute atomic E-state index is 0.0255. The topological polar surface area (TPSA) is 91.3 Å². The number of urea groups is 1. The van der Waals surface area contributed by atoms with Gasteiger partial charge in [0.15, 0.2) is 0 Å². The SMILES string of the molecule is O=C(O)CCOC1CCN(C(=O)NN2CCOCC2)CC1. The number of ether oxygens (including phenoxy) is 2. The molecule has 0 saturated carbocycles. The van der Waals surface area contributed by atoms with Crippen LogP contribution in [0.5, 0.6) is 0 Å². The number of carbonyl (C=O) groups excluding carboxylic acids is 1. The van der Waals surface area contributed by atoms with Crippen LogP contribution in [0.1, 0.15) is 19.3 Å². The van der Waals surface area contributed by atoms with Gasteiger partial charge in [0.05, 0.1) is 32.3 Å². The number of morpholine rings is 1. The smallest absolute Gasteiger partial charge is 0.331 e. The van der Waals surface area contributed by atoms with Crippen molar-refractivity contribution in [2.24, 2.45) is 0 Å². The second-order valence-electron chi connectivity index (χ2n) is 5.22. The van der Waals surface area contributed by atoms with Crippen LogP contribution in [-0.4, -0.2) is 79.1 Å². The Morgan fingerprint density at radius 2 is 1.86 bits per heavy atom. The molecule has 2 N–H and O–H groups in total. The van der Waals surface area contributed by atoms with E-state index in [1.165, 1.54) is 0 Å². The molecular formula is C13H23N3O5. The van der Waals surface area contributed by atoms with Crippen molar-refractivity contribution in [2.45, 2.75) is 25.4 Å². The second-order valence-corrected chi connectivity index (χ2v) is 5.22. The lowest BCUT2D eigenvalue weighted by atomic mass is 10.1. The fourth-order valence-corrected chi connectivity index (χ4v) is 2.42. The number of carboxylic acid groups (broad SMARTS) is 1. The molecule has 2 aliphatic heterocycles. The number of nitrogens with zero attached hydrogens (tertiary/aromatic N) is 2. The van der Waals surface area contributed by atoms with Gasteiger partial charge in [0.25, 0.3) is 0 Å². The maximum atomic E-state index is 12.1. The molecule has 0 aliphatic carbocycles. The molecule has 8 heteroatoms. The van der Waals surface area contributed by atoms with Crippen LogP contribution in [0.2, 0.25) is 0 Å². The van der Waals surface area contributed by atoms with Gasteiger partial charge >= 0.3 is 12.0 Å². The minimum Gasteiger partial charge on any atom is -0.481 e. The average Bonchev–Trinajstić information content (AvgIpc) is 2.48. The van der Waals surface area contributed by atoms with Crippen molar-refractivity contribution in [3.63, 3.8) is 0 Å². The highest BCUT2D eigenvalue weighted by molar-refractivity contribution is 5.73. The van der Waals surface area contributed by atoms with Gasteiger partial charge < -0.3 is 19.5 Å². The molecule has 2 amide bonds. The Labute approximate surface area is 123 Å². The van der Waals surface area contributed by atoms with Gasteiger partial charge in [-0.1, -0.05) is 0 Å². The number of hydrazine groups is 1. The number of piperidine rings is 1. The molecule has 0 bridgehead atoms. The van der Waals surface area contributed by atoms with Crippen molar-refractivity contribution in [3.8, 4) is 0 Å². The molecule has 0 spiro atoms. The molecule has 2 heterocycles. The Kier molecular flexibility index (Phi) is 6.21. The van der Waals surface area contributed by atoms with Crippen molar-refractivity contribution in [1.82, 2.24) is 15.3 Å². The normalized spacial score (nSPS) is 21.2. The summed E-state index contributed by atoms with van der Waals surface area (Å²) in [6, 6.07) is -0.0825. The van der Waals surface area contributed by atoms with Gasteiger partial charge in [0, 0.05) is 26.2 Å². The first-order valence-electron chi connectivity index (χ1n) is 7.37. The van der Waals surface area contributed by atoms with E-state index in [0.717, 1.165) is 12.8 Å². The van der Waals surface area contributed by atoms with Gasteiger partial charge in [0.2, 0.25) is 0 Å². The van der Waals surface area contributed by atoms with Gasteiger partial charge in [-0.15, -0.1) is 0 Å². The van der Waals surface area contributed by atoms with Gasteiger partial charge in [-0.3, -0.25) is 10.2 Å². The summed E-state index contributed by atoms with van der Waals surface area (Å²) in [5.41, 5.74) is 2.88. The first kappa shape index (κ1) is 16.0. The van der Waals surface area contributed by atoms with Crippen molar-refractivity contribution in [3.05, 3.63) is 0 Å². The van der Waals surface area contributed by atoms with Crippen molar-refractivity contribution in [2.75, 3.05) is 46.0 Å². The van der Waals surface area contributed by atoms with E-state index in [1.807, 2.05) is 5.01 Å². The molecule has 8 nitrogen and oxygen atoms in total. The fraction of sp³-hybridized carbons (Fsp3) is 0.846. The lowest BCUT2D eigenvalue weighted by Crippen LogP contribution is -2.54. The van der Waals surface area contributed by atoms with E-state index in [9.17, 15) is 9.59 Å². The highest BCUT2D eigenvalue weighted by atomic mass is 16.5. The maximum absolute atomic E-state index is 12.1. The highest BCUT2D eigenvalue weighted by Crippen LogP contribution is 2.14. The van der Waals surface area contributed by atoms with E-state index < -0.39 is 5.97 Å². The quantitative estimate of drug-likeness (QED) is 0.737. The van der Waals surface area contributed by atoms with Gasteiger partial charge in [0.1, 0.15) is 0 Å². The van der Waals surface area contributed by atoms with Crippen LogP contribution in [-0.2, 0) is 14.3 Å². The highest BCUT2D eigenvalue weighted by Gasteiger charge is 2.24. The number of amides is 2. The molecule has 2 saturated heterocycles. The van der Waals surface area contributed by atoms with Crippen LogP contribution < -0.4 is 5.43 Å². The summed E-state index contributed by atoms with van der Waals surface area (Å²) in [6.45, 7) is 4.20. The Morgan fingerprint density at radius 1 is 1.19 bits per heavy atom. The average molecular weight is 301 g/mol. The number of carbonyl (C=O) groups is 2. The first-order chi connectivity index (χ1) is 10.1. The zero-order chi connectivity index (χ0) is 15.1. The van der Waals surface area contributed by atoms with Crippen molar-refractivity contribution < 1.29 is 24.2 Å². The largest absolute Gasteiger partial charge is 0.481 e. The molecular weight excluding hydrogens is 278 g/mol. The van der Waals surface area contributed by atoms with Crippen LogP contribution in [0, 0.1) is 0 Å². The van der Waals surface area contributed by atoms with Crippen LogP contribution >= 0.6 is 0 Å². The van der Waals surface area contributed by atoms with E-state index in [-0.39, 0.29) is 25.2 Å². The molecule has 0 radical (unpaired) electrons. The fourth-order valence-electron chi connectivity index (χ4n) is 2.42. The van der Waals surface area contributed by atoms with Crippen LogP contribution in [0.3, 0.4) is 0 Å². The second kappa shape index (κ2) is 8.16. The standard InChI is InChI=1S/C13H23N3O5/c17-12(18)3-8-21-11-1-4-15(5-2-11)13(19)14-16-6-9-20-10-7-16/h11H,1-10H2,(H,14,19)(H,17,18). The van der Waals surface area contributed by atoms with Crippen LogP contribution in [0.25, 0.3) is 0 Å². The number of hydrogen-bond donors (Lipinski definition) is 2. The van der Waals surface area contributed by atoms with E-state index in [1.54, 1.807) is 4.90 Å². The molecule has 0 unspecified atom stereocenters. The molecule has 120 valence electrons. The summed E-state index contributed by atoms with van der Waals surface area (Å²) >= 11 is 0. The number of nitrogens with one attached hydrogen (secondary N) is 1. The Balaban J connectivity index is 1.63. The van der Waals surface area contributed by atoms with E-state index >= 15 is 0 Å². The van der Waals surface area contributed by atoms with E-state index in [0.29, 0.717) is 39.4 Å². The molecule has 0 aromatic heterocycles. The minimum atomic E-state index is -0.850. The molecule has 2 fully saturated rings. The summed E-state index contributed by atoms with van der Waals surface area (Å²) in [5, 5.41) is 10.4. The first-order valence-corrected chi connectivity index (χ1v) is 7.37. The lowest BCUT2D eigenvalue weighted by molar-refractivity contribution is -0.138. The van der Waals surface area contributed by atoms with Crippen LogP contribution in [0.4, 0.5) is 4.79 Å². The summed E-state index contributed by atoms with van der Waals surface area (Å²) in [5.74, 6) is -0.850. The van der Waals surface area contributed by atoms with E-state index in [2.05, 4.69) is 5.43 Å². The predicted molar refractivity (Wildman–Crippen MR) is 73.7 cm³/mol. The molecule has 0 aromatic carbocycles. The molecule has 2 aliphatic rings. The van der Waals surface area contributed by atoms with Crippen LogP contribution in [0.15, 0.2) is 0 Å². The summed E-state index contributed by atoms with van der Waals surface area (Å²) in [6.07, 6.45) is 1.57. The number of hydrogen-bond acceptors (Lipinski definition) is 5. The monoisotopic (exact) mass is 301 g/mol. The Morgan fingerprint density at radius 3 is 2.48 bits per heavy atom. The van der Waals surface area contributed by atoms with Crippen molar-refractivity contribution >= 4 is 12.0 Å². The molecule has 21 heavy (non-hydrogen) atoms. The van der Waals surface area contributed by atoms with Gasteiger partial charge in [-0.2, -0.15) is 0 Å². The van der Waals surface area contributed by atoms with E-state index in [4.69, 9.17) is 14.6 Å². The third-order valence-electron chi connectivity index (χ3n) is 3.66. The number of carboxylic acids is 1. The molecule has 2 rings (SSSR count). The van der Waals surface area contributed by atoms with Gasteiger partial charge in [-0.05, 0) is 12.8 Å². The predicted octanol–water partition coefficient (Wildman–Crippen LogP) is -0.101. The Hall–Kier alpha value is -1.38. The number of likely N-dealkylation sites (tertiary alicyclic amines) is 1. The number of rotatable bonds is 5. The third kappa shape index (κ3) is 5.49. The molecule has 0 atom stereocenters. The van der Waals surface area contributed by atoms with Crippen molar-refractivity contribution in [1.29, 1.82) is 0 Å². The summed E-state index contributed by atoms with van der Waals surface area (Å²) in [4.78, 5) is 24.3. The number of aliphatic carboxylic acids is 1. The zero-order valence-corrected chi connectivity index (χ0v) is 12.1. The zero-order valence-electron chi connectivity index (χ0n) is 12.1.